The largest absolute Gasteiger partial charge is 0.497 e. The fourth-order valence-electron chi connectivity index (χ4n) is 4.73. The number of amides is 2. The average molecular weight is 530 g/mol. The molecule has 0 unspecified atom stereocenters. The van der Waals surface area contributed by atoms with E-state index in [-0.39, 0.29) is 18.5 Å². The minimum atomic E-state index is -3.76. The number of carbonyl (C=O) groups is 2. The number of rotatable bonds is 11. The number of sulfonamides is 1. The standard InChI is InChI=1S/C28H39N3O5S/c1-5-23-11-9-10-14-26(23)31(37(4,34)35)20-27(32)30(19-22-15-17-25(36-3)18-16-22)21(2)28(33)29-24-12-7-6-8-13-24/h9-11,14-18,21,24H,5-8,12-13,19-20H2,1-4H3,(H,29,33)/t21-/m1/s1. The van der Waals surface area contributed by atoms with E-state index in [1.807, 2.05) is 31.2 Å². The molecule has 1 saturated carbocycles. The molecule has 0 bridgehead atoms. The molecule has 0 saturated heterocycles. The normalized spacial score (nSPS) is 15.0. The molecule has 1 atom stereocenters. The monoisotopic (exact) mass is 529 g/mol. The van der Waals surface area contributed by atoms with Crippen molar-refractivity contribution in [2.75, 3.05) is 24.2 Å². The lowest BCUT2D eigenvalue weighted by molar-refractivity contribution is -0.139. The van der Waals surface area contributed by atoms with Crippen molar-refractivity contribution < 1.29 is 22.7 Å². The highest BCUT2D eigenvalue weighted by Gasteiger charge is 2.31. The Hall–Kier alpha value is -3.07. The van der Waals surface area contributed by atoms with Gasteiger partial charge in [0.15, 0.2) is 0 Å². The molecule has 9 heteroatoms. The van der Waals surface area contributed by atoms with Gasteiger partial charge in [0.05, 0.1) is 19.1 Å². The van der Waals surface area contributed by atoms with Crippen LogP contribution >= 0.6 is 0 Å². The van der Waals surface area contributed by atoms with Crippen LogP contribution in [0.15, 0.2) is 48.5 Å². The molecule has 2 aromatic carbocycles. The highest BCUT2D eigenvalue weighted by molar-refractivity contribution is 7.92. The summed E-state index contributed by atoms with van der Waals surface area (Å²) in [6.07, 6.45) is 6.90. The van der Waals surface area contributed by atoms with Gasteiger partial charge in [-0.3, -0.25) is 13.9 Å². The highest BCUT2D eigenvalue weighted by atomic mass is 32.2. The summed E-state index contributed by atoms with van der Waals surface area (Å²) in [7, 11) is -2.18. The summed E-state index contributed by atoms with van der Waals surface area (Å²) in [4.78, 5) is 28.5. The summed E-state index contributed by atoms with van der Waals surface area (Å²) >= 11 is 0. The molecule has 0 aromatic heterocycles. The molecule has 202 valence electrons. The van der Waals surface area contributed by atoms with E-state index in [1.165, 1.54) is 11.3 Å². The molecule has 0 spiro atoms. The molecular formula is C28H39N3O5S. The number of benzene rings is 2. The number of para-hydroxylation sites is 1. The van der Waals surface area contributed by atoms with Gasteiger partial charge in [-0.25, -0.2) is 8.42 Å². The van der Waals surface area contributed by atoms with Crippen molar-refractivity contribution in [3.8, 4) is 5.75 Å². The smallest absolute Gasteiger partial charge is 0.244 e. The minimum absolute atomic E-state index is 0.102. The van der Waals surface area contributed by atoms with Crippen molar-refractivity contribution >= 4 is 27.5 Å². The van der Waals surface area contributed by atoms with Crippen molar-refractivity contribution in [1.29, 1.82) is 0 Å². The van der Waals surface area contributed by atoms with E-state index in [4.69, 9.17) is 4.74 Å². The lowest BCUT2D eigenvalue weighted by Crippen LogP contribution is -2.53. The second kappa shape index (κ2) is 12.9. The van der Waals surface area contributed by atoms with Crippen LogP contribution in [-0.2, 0) is 32.6 Å². The molecule has 2 aromatic rings. The fraction of sp³-hybridized carbons (Fsp3) is 0.500. The Balaban J connectivity index is 1.89. The maximum atomic E-state index is 13.8. The van der Waals surface area contributed by atoms with Crippen LogP contribution in [0.2, 0.25) is 0 Å². The van der Waals surface area contributed by atoms with Crippen LogP contribution in [0.5, 0.6) is 5.75 Å². The third-order valence-corrected chi connectivity index (χ3v) is 8.08. The molecule has 2 amide bonds. The van der Waals surface area contributed by atoms with Gasteiger partial charge in [0.1, 0.15) is 18.3 Å². The SMILES string of the molecule is CCc1ccccc1N(CC(=O)N(Cc1ccc(OC)cc1)[C@H](C)C(=O)NC1CCCCC1)S(C)(=O)=O. The van der Waals surface area contributed by atoms with Crippen molar-refractivity contribution in [2.45, 2.75) is 71.0 Å². The first-order valence-corrected chi connectivity index (χ1v) is 14.8. The van der Waals surface area contributed by atoms with E-state index in [0.29, 0.717) is 17.9 Å². The van der Waals surface area contributed by atoms with Crippen molar-refractivity contribution in [1.82, 2.24) is 10.2 Å². The van der Waals surface area contributed by atoms with Crippen LogP contribution in [0.1, 0.15) is 57.1 Å². The molecule has 1 aliphatic rings. The Morgan fingerprint density at radius 1 is 1.05 bits per heavy atom. The van der Waals surface area contributed by atoms with Gasteiger partial charge in [-0.05, 0) is 55.5 Å². The maximum absolute atomic E-state index is 13.8. The van der Waals surface area contributed by atoms with Crippen LogP contribution < -0.4 is 14.4 Å². The summed E-state index contributed by atoms with van der Waals surface area (Å²) in [6, 6.07) is 13.8. The van der Waals surface area contributed by atoms with E-state index in [9.17, 15) is 18.0 Å². The molecule has 37 heavy (non-hydrogen) atoms. The van der Waals surface area contributed by atoms with Gasteiger partial charge < -0.3 is 15.0 Å². The Kier molecular flexibility index (Phi) is 9.97. The molecule has 1 aliphatic carbocycles. The number of anilines is 1. The lowest BCUT2D eigenvalue weighted by atomic mass is 9.95. The summed E-state index contributed by atoms with van der Waals surface area (Å²) in [6.45, 7) is 3.40. The Bertz CT molecular complexity index is 1160. The summed E-state index contributed by atoms with van der Waals surface area (Å²) in [5.74, 6) is 0.0104. The number of carbonyl (C=O) groups excluding carboxylic acids is 2. The van der Waals surface area contributed by atoms with Gasteiger partial charge in [0.25, 0.3) is 0 Å². The van der Waals surface area contributed by atoms with Gasteiger partial charge in [0.2, 0.25) is 21.8 Å². The highest BCUT2D eigenvalue weighted by Crippen LogP contribution is 2.24. The van der Waals surface area contributed by atoms with Crippen molar-refractivity contribution in [3.05, 3.63) is 59.7 Å². The van der Waals surface area contributed by atoms with Crippen LogP contribution in [-0.4, -0.2) is 57.1 Å². The first-order chi connectivity index (χ1) is 17.6. The molecule has 0 aliphatic heterocycles. The average Bonchev–Trinajstić information content (AvgIpc) is 2.90. The second-order valence-electron chi connectivity index (χ2n) is 9.64. The van der Waals surface area contributed by atoms with E-state index in [2.05, 4.69) is 5.32 Å². The number of hydrogen-bond donors (Lipinski definition) is 1. The summed E-state index contributed by atoms with van der Waals surface area (Å²) in [5, 5.41) is 3.11. The number of nitrogens with zero attached hydrogens (tertiary/aromatic N) is 2. The Morgan fingerprint density at radius 3 is 2.30 bits per heavy atom. The molecule has 8 nitrogen and oxygen atoms in total. The molecule has 1 fully saturated rings. The molecule has 0 radical (unpaired) electrons. The summed E-state index contributed by atoms with van der Waals surface area (Å²) in [5.41, 5.74) is 2.11. The number of methoxy groups -OCH3 is 1. The maximum Gasteiger partial charge on any atom is 0.244 e. The predicted octanol–water partition coefficient (Wildman–Crippen LogP) is 3.89. The predicted molar refractivity (Wildman–Crippen MR) is 146 cm³/mol. The second-order valence-corrected chi connectivity index (χ2v) is 11.5. The van der Waals surface area contributed by atoms with Crippen molar-refractivity contribution in [2.24, 2.45) is 0 Å². The molecular weight excluding hydrogens is 490 g/mol. The topological polar surface area (TPSA) is 96.0 Å². The number of nitrogens with one attached hydrogen (secondary N) is 1. The zero-order valence-corrected chi connectivity index (χ0v) is 23.1. The van der Waals surface area contributed by atoms with Crippen LogP contribution in [0.3, 0.4) is 0 Å². The van der Waals surface area contributed by atoms with E-state index in [1.54, 1.807) is 38.3 Å². The zero-order chi connectivity index (χ0) is 27.0. The van der Waals surface area contributed by atoms with Crippen LogP contribution in [0.4, 0.5) is 5.69 Å². The van der Waals surface area contributed by atoms with Crippen LogP contribution in [0.25, 0.3) is 0 Å². The molecule has 1 N–H and O–H groups in total. The van der Waals surface area contributed by atoms with Gasteiger partial charge in [-0.15, -0.1) is 0 Å². The molecule has 0 heterocycles. The lowest BCUT2D eigenvalue weighted by Gasteiger charge is -2.33. The third-order valence-electron chi connectivity index (χ3n) is 6.95. The van der Waals surface area contributed by atoms with E-state index >= 15 is 0 Å². The Labute approximate surface area is 221 Å². The van der Waals surface area contributed by atoms with Crippen molar-refractivity contribution in [3.63, 3.8) is 0 Å². The van der Waals surface area contributed by atoms with E-state index < -0.39 is 28.5 Å². The first kappa shape index (κ1) is 28.5. The third kappa shape index (κ3) is 7.71. The fourth-order valence-corrected chi connectivity index (χ4v) is 5.61. The number of hydrogen-bond acceptors (Lipinski definition) is 5. The summed E-state index contributed by atoms with van der Waals surface area (Å²) < 4.78 is 32.0. The molecule has 3 rings (SSSR count). The quantitative estimate of drug-likeness (QED) is 0.477. The Morgan fingerprint density at radius 2 is 1.70 bits per heavy atom. The first-order valence-electron chi connectivity index (χ1n) is 12.9. The van der Waals surface area contributed by atoms with E-state index in [0.717, 1.165) is 47.4 Å². The van der Waals surface area contributed by atoms with Gasteiger partial charge >= 0.3 is 0 Å². The zero-order valence-electron chi connectivity index (χ0n) is 22.3. The minimum Gasteiger partial charge on any atom is -0.497 e. The van der Waals surface area contributed by atoms with Gasteiger partial charge in [-0.2, -0.15) is 0 Å². The van der Waals surface area contributed by atoms with Crippen LogP contribution in [0, 0.1) is 0 Å². The number of aryl methyl sites for hydroxylation is 1. The number of ether oxygens (including phenoxy) is 1. The van der Waals surface area contributed by atoms with Gasteiger partial charge in [-0.1, -0.05) is 56.5 Å². The van der Waals surface area contributed by atoms with Gasteiger partial charge in [0, 0.05) is 12.6 Å².